The molecule has 0 aliphatic carbocycles. The molecule has 0 saturated carbocycles. The van der Waals surface area contributed by atoms with Gasteiger partial charge in [-0.1, -0.05) is 65.2 Å². The van der Waals surface area contributed by atoms with Gasteiger partial charge in [0.25, 0.3) is 0 Å². The molecule has 0 aliphatic heterocycles. The van der Waals surface area contributed by atoms with Crippen LogP contribution in [0.1, 0.15) is 89.2 Å². The van der Waals surface area contributed by atoms with Crippen LogP contribution in [0.15, 0.2) is 11.0 Å². The van der Waals surface area contributed by atoms with Gasteiger partial charge in [-0.25, -0.2) is 9.97 Å². The minimum absolute atomic E-state index is 1.17. The summed E-state index contributed by atoms with van der Waals surface area (Å²) in [5.41, 5.74) is 9.60. The molecule has 2 heterocycles. The Hall–Kier alpha value is -1.00. The highest BCUT2D eigenvalue weighted by atomic mass is 32.1. The summed E-state index contributed by atoms with van der Waals surface area (Å²) in [6.45, 7) is 4.57. The second-order valence-electron chi connectivity index (χ2n) is 7.35. The van der Waals surface area contributed by atoms with Gasteiger partial charge in [-0.3, -0.25) is 0 Å². The average Bonchev–Trinajstić information content (AvgIpc) is 3.31. The smallest absolute Gasteiger partial charge is 0.0862 e. The van der Waals surface area contributed by atoms with Crippen molar-refractivity contribution < 1.29 is 0 Å². The van der Waals surface area contributed by atoms with Crippen LogP contribution in [0.3, 0.4) is 0 Å². The van der Waals surface area contributed by atoms with Gasteiger partial charge in [-0.2, -0.15) is 0 Å². The first-order valence-electron chi connectivity index (χ1n) is 10.5. The van der Waals surface area contributed by atoms with Crippen LogP contribution in [-0.4, -0.2) is 9.97 Å². The summed E-state index contributed by atoms with van der Waals surface area (Å²) in [5, 5.41) is 0. The van der Waals surface area contributed by atoms with Crippen LogP contribution >= 0.6 is 22.7 Å². The van der Waals surface area contributed by atoms with Crippen molar-refractivity contribution in [2.75, 3.05) is 0 Å². The lowest BCUT2D eigenvalue weighted by Gasteiger charge is -2.12. The molecule has 3 rings (SSSR count). The number of nitrogens with zero attached hydrogens (tertiary/aromatic N) is 2. The van der Waals surface area contributed by atoms with E-state index in [9.17, 15) is 0 Å². The summed E-state index contributed by atoms with van der Waals surface area (Å²) in [6, 6.07) is 0. The lowest BCUT2D eigenvalue weighted by molar-refractivity contribution is 0.622. The molecule has 0 amide bonds. The molecule has 1 aromatic carbocycles. The Balaban J connectivity index is 1.82. The van der Waals surface area contributed by atoms with Gasteiger partial charge in [0.05, 0.1) is 31.5 Å². The zero-order valence-electron chi connectivity index (χ0n) is 16.4. The predicted molar refractivity (Wildman–Crippen MR) is 118 cm³/mol. The highest BCUT2D eigenvalue weighted by Gasteiger charge is 2.18. The highest BCUT2D eigenvalue weighted by molar-refractivity contribution is 7.25. The van der Waals surface area contributed by atoms with E-state index >= 15 is 0 Å². The van der Waals surface area contributed by atoms with Gasteiger partial charge in [-0.05, 0) is 36.8 Å². The first kappa shape index (κ1) is 19.8. The second-order valence-corrected chi connectivity index (χ2v) is 9.06. The molecule has 0 radical (unpaired) electrons. The number of rotatable bonds is 12. The Morgan fingerprint density at radius 1 is 0.615 bits per heavy atom. The summed E-state index contributed by atoms with van der Waals surface area (Å²) < 4.78 is 2.72. The van der Waals surface area contributed by atoms with E-state index in [0.29, 0.717) is 0 Å². The van der Waals surface area contributed by atoms with Crippen molar-refractivity contribution in [1.82, 2.24) is 9.97 Å². The monoisotopic (exact) mass is 388 g/mol. The normalized spacial score (nSPS) is 11.8. The van der Waals surface area contributed by atoms with Crippen LogP contribution in [0.4, 0.5) is 0 Å². The molecule has 3 aromatic rings. The molecular formula is C22H32N2S2. The van der Waals surface area contributed by atoms with E-state index in [0.717, 1.165) is 0 Å². The Bertz CT molecular complexity index is 736. The van der Waals surface area contributed by atoms with E-state index in [1.165, 1.54) is 109 Å². The van der Waals surface area contributed by atoms with Crippen molar-refractivity contribution in [3.05, 3.63) is 22.1 Å². The number of aryl methyl sites for hydroxylation is 2. The molecule has 2 nitrogen and oxygen atoms in total. The van der Waals surface area contributed by atoms with Crippen molar-refractivity contribution in [1.29, 1.82) is 0 Å². The Morgan fingerprint density at radius 2 is 1.04 bits per heavy atom. The van der Waals surface area contributed by atoms with Crippen molar-refractivity contribution >= 4 is 43.1 Å². The summed E-state index contributed by atoms with van der Waals surface area (Å²) in [4.78, 5) is 9.56. The van der Waals surface area contributed by atoms with Gasteiger partial charge in [0, 0.05) is 0 Å². The topological polar surface area (TPSA) is 25.8 Å². The fourth-order valence-electron chi connectivity index (χ4n) is 3.88. The van der Waals surface area contributed by atoms with Crippen molar-refractivity contribution in [3.63, 3.8) is 0 Å². The molecular weight excluding hydrogens is 356 g/mol. The first-order valence-corrected chi connectivity index (χ1v) is 12.2. The quantitative estimate of drug-likeness (QED) is 0.294. The number of unbranched alkanes of at least 4 members (excludes halogenated alkanes) is 8. The van der Waals surface area contributed by atoms with Crippen molar-refractivity contribution in [3.8, 4) is 0 Å². The third-order valence-electron chi connectivity index (χ3n) is 5.34. The minimum atomic E-state index is 1.17. The lowest BCUT2D eigenvalue weighted by atomic mass is 9.94. The molecule has 0 aliphatic rings. The predicted octanol–water partition coefficient (Wildman–Crippen LogP) is 7.93. The van der Waals surface area contributed by atoms with E-state index in [2.05, 4.69) is 13.8 Å². The third-order valence-corrected chi connectivity index (χ3v) is 7.15. The molecule has 0 unspecified atom stereocenters. The third kappa shape index (κ3) is 4.64. The average molecular weight is 389 g/mol. The second kappa shape index (κ2) is 10.4. The minimum Gasteiger partial charge on any atom is -0.244 e. The molecule has 0 atom stereocenters. The van der Waals surface area contributed by atoms with Gasteiger partial charge in [0.1, 0.15) is 0 Å². The van der Waals surface area contributed by atoms with E-state index in [-0.39, 0.29) is 0 Å². The zero-order chi connectivity index (χ0) is 18.2. The highest BCUT2D eigenvalue weighted by Crippen LogP contribution is 2.38. The van der Waals surface area contributed by atoms with E-state index in [1.807, 2.05) is 11.0 Å². The fraction of sp³-hybridized carbons (Fsp3) is 0.636. The summed E-state index contributed by atoms with van der Waals surface area (Å²) in [6.07, 6.45) is 15.6. The maximum Gasteiger partial charge on any atom is 0.0862 e. The summed E-state index contributed by atoms with van der Waals surface area (Å²) in [5.74, 6) is 0. The SMILES string of the molecule is CCCCCCCc1c(CCCCCCC)c2ncsc2c2scnc12. The Kier molecular flexibility index (Phi) is 7.87. The van der Waals surface area contributed by atoms with Crippen molar-refractivity contribution in [2.45, 2.75) is 90.9 Å². The molecule has 4 heteroatoms. The van der Waals surface area contributed by atoms with Gasteiger partial charge >= 0.3 is 0 Å². The molecule has 0 spiro atoms. The van der Waals surface area contributed by atoms with Gasteiger partial charge in [0.15, 0.2) is 0 Å². The number of thiazole rings is 2. The Labute approximate surface area is 166 Å². The largest absolute Gasteiger partial charge is 0.244 e. The van der Waals surface area contributed by atoms with Gasteiger partial charge in [-0.15, -0.1) is 22.7 Å². The molecule has 26 heavy (non-hydrogen) atoms. The standard InChI is InChI=1S/C22H32N2S2/c1-3-5-7-9-11-13-17-18(14-12-10-8-6-4-2)20-22(26-16-24-20)21-19(17)23-15-25-21/h15-16H,3-14H2,1-2H3. The molecule has 0 saturated heterocycles. The van der Waals surface area contributed by atoms with Gasteiger partial charge in [0.2, 0.25) is 0 Å². The molecule has 2 aromatic heterocycles. The van der Waals surface area contributed by atoms with Crippen LogP contribution in [0.25, 0.3) is 20.4 Å². The summed E-state index contributed by atoms with van der Waals surface area (Å²) >= 11 is 3.57. The lowest BCUT2D eigenvalue weighted by Crippen LogP contribution is -1.99. The summed E-state index contributed by atoms with van der Waals surface area (Å²) in [7, 11) is 0. The first-order chi connectivity index (χ1) is 12.9. The Morgan fingerprint density at radius 3 is 1.46 bits per heavy atom. The maximum atomic E-state index is 4.78. The van der Waals surface area contributed by atoms with Crippen LogP contribution in [0.5, 0.6) is 0 Å². The molecule has 0 N–H and O–H groups in total. The van der Waals surface area contributed by atoms with E-state index in [4.69, 9.17) is 9.97 Å². The molecule has 0 bridgehead atoms. The van der Waals surface area contributed by atoms with Crippen molar-refractivity contribution in [2.24, 2.45) is 0 Å². The number of fused-ring (bicyclic) bond motifs is 3. The van der Waals surface area contributed by atoms with Crippen LogP contribution < -0.4 is 0 Å². The zero-order valence-corrected chi connectivity index (χ0v) is 18.0. The van der Waals surface area contributed by atoms with Crippen LogP contribution in [-0.2, 0) is 12.8 Å². The number of benzene rings is 1. The van der Waals surface area contributed by atoms with Crippen LogP contribution in [0.2, 0.25) is 0 Å². The molecule has 0 fully saturated rings. The number of aromatic nitrogens is 2. The fourth-order valence-corrected chi connectivity index (χ4v) is 5.68. The van der Waals surface area contributed by atoms with E-state index in [1.54, 1.807) is 22.7 Å². The maximum absolute atomic E-state index is 4.78. The molecule has 142 valence electrons. The van der Waals surface area contributed by atoms with E-state index < -0.39 is 0 Å². The number of hydrogen-bond acceptors (Lipinski definition) is 4. The van der Waals surface area contributed by atoms with Gasteiger partial charge < -0.3 is 0 Å². The number of hydrogen-bond donors (Lipinski definition) is 0. The van der Waals surface area contributed by atoms with Crippen LogP contribution in [0, 0.1) is 0 Å².